The van der Waals surface area contributed by atoms with Crippen molar-refractivity contribution in [2.45, 2.75) is 0 Å². The molecule has 1 amide bonds. The number of ether oxygens (including phenoxy) is 2. The highest BCUT2D eigenvalue weighted by atomic mass is 35.5. The van der Waals surface area contributed by atoms with Crippen molar-refractivity contribution in [1.82, 2.24) is 0 Å². The van der Waals surface area contributed by atoms with E-state index < -0.39 is 5.91 Å². The van der Waals surface area contributed by atoms with Gasteiger partial charge in [0, 0.05) is 0 Å². The molecular formula is C17H13Cl2N3O3. The molecule has 0 aromatic heterocycles. The second-order valence-corrected chi connectivity index (χ2v) is 5.86. The first-order chi connectivity index (χ1) is 12.0. The Hall–Kier alpha value is -2.57. The van der Waals surface area contributed by atoms with E-state index in [1.54, 1.807) is 44.6 Å². The number of methoxy groups -OCH3 is 2. The molecule has 1 aliphatic rings. The van der Waals surface area contributed by atoms with E-state index in [-0.39, 0.29) is 5.71 Å². The number of hydrogen-bond donors (Lipinski definition) is 1. The van der Waals surface area contributed by atoms with Crippen molar-refractivity contribution < 1.29 is 14.3 Å². The number of nitrogens with zero attached hydrogens (tertiary/aromatic N) is 2. The average Bonchev–Trinajstić information content (AvgIpc) is 2.96. The first kappa shape index (κ1) is 17.3. The van der Waals surface area contributed by atoms with Crippen molar-refractivity contribution in [2.24, 2.45) is 10.2 Å². The maximum absolute atomic E-state index is 12.1. The van der Waals surface area contributed by atoms with Gasteiger partial charge in [-0.3, -0.25) is 4.79 Å². The average molecular weight is 378 g/mol. The van der Waals surface area contributed by atoms with Gasteiger partial charge >= 0.3 is 0 Å². The molecule has 0 saturated heterocycles. The standard InChI is InChI=1S/C17H13Cl2N3O3/c1-24-12-6-3-9(7-13(12)25-2)8-20-22-16-14-10(18)4-5-11(19)15(14)21-17(16)23/h3-8H,1-2H3,(H,21,22,23)/b20-8+. The summed E-state index contributed by atoms with van der Waals surface area (Å²) in [6.45, 7) is 0. The van der Waals surface area contributed by atoms with Crippen molar-refractivity contribution in [3.05, 3.63) is 51.5 Å². The monoisotopic (exact) mass is 377 g/mol. The van der Waals surface area contributed by atoms with E-state index in [2.05, 4.69) is 15.5 Å². The third-order valence-corrected chi connectivity index (χ3v) is 4.20. The fourth-order valence-electron chi connectivity index (χ4n) is 2.37. The summed E-state index contributed by atoms with van der Waals surface area (Å²) in [4.78, 5) is 12.1. The lowest BCUT2D eigenvalue weighted by Gasteiger charge is -2.07. The number of anilines is 1. The topological polar surface area (TPSA) is 72.3 Å². The second kappa shape index (κ2) is 7.13. The predicted molar refractivity (Wildman–Crippen MR) is 98.8 cm³/mol. The SMILES string of the molecule is COc1ccc(/C=N/N=C2\C(=O)Nc3c(Cl)ccc(Cl)c32)cc1OC. The summed E-state index contributed by atoms with van der Waals surface area (Å²) in [5, 5.41) is 11.4. The predicted octanol–water partition coefficient (Wildman–Crippen LogP) is 3.79. The molecule has 128 valence electrons. The zero-order chi connectivity index (χ0) is 18.0. The number of rotatable bonds is 4. The number of carbonyl (C=O) groups excluding carboxylic acids is 1. The molecule has 3 rings (SSSR count). The van der Waals surface area contributed by atoms with Gasteiger partial charge in [-0.25, -0.2) is 0 Å². The molecule has 0 saturated carbocycles. The van der Waals surface area contributed by atoms with Crippen LogP contribution in [0.15, 0.2) is 40.5 Å². The van der Waals surface area contributed by atoms with Crippen molar-refractivity contribution in [3.8, 4) is 11.5 Å². The van der Waals surface area contributed by atoms with Gasteiger partial charge in [0.05, 0.1) is 41.7 Å². The molecule has 6 nitrogen and oxygen atoms in total. The summed E-state index contributed by atoms with van der Waals surface area (Å²) in [6.07, 6.45) is 1.50. The van der Waals surface area contributed by atoms with Crippen LogP contribution in [-0.4, -0.2) is 32.1 Å². The second-order valence-electron chi connectivity index (χ2n) is 5.04. The van der Waals surface area contributed by atoms with Gasteiger partial charge in [0.1, 0.15) is 0 Å². The molecule has 25 heavy (non-hydrogen) atoms. The van der Waals surface area contributed by atoms with E-state index in [1.807, 2.05) is 0 Å². The first-order valence-corrected chi connectivity index (χ1v) is 7.93. The van der Waals surface area contributed by atoms with Crippen LogP contribution in [0.4, 0.5) is 5.69 Å². The van der Waals surface area contributed by atoms with Gasteiger partial charge in [0.15, 0.2) is 17.2 Å². The van der Waals surface area contributed by atoms with E-state index in [9.17, 15) is 4.79 Å². The lowest BCUT2D eigenvalue weighted by atomic mass is 10.1. The van der Waals surface area contributed by atoms with E-state index in [0.717, 1.165) is 5.56 Å². The number of amides is 1. The van der Waals surface area contributed by atoms with E-state index in [1.165, 1.54) is 6.21 Å². The van der Waals surface area contributed by atoms with Crippen molar-refractivity contribution >= 4 is 46.7 Å². The minimum Gasteiger partial charge on any atom is -0.493 e. The Morgan fingerprint density at radius 1 is 1.04 bits per heavy atom. The maximum Gasteiger partial charge on any atom is 0.277 e. The summed E-state index contributed by atoms with van der Waals surface area (Å²) in [5.41, 5.74) is 1.74. The largest absolute Gasteiger partial charge is 0.493 e. The van der Waals surface area contributed by atoms with E-state index >= 15 is 0 Å². The number of halogens is 2. The Morgan fingerprint density at radius 3 is 2.48 bits per heavy atom. The summed E-state index contributed by atoms with van der Waals surface area (Å²) in [7, 11) is 3.10. The summed E-state index contributed by atoms with van der Waals surface area (Å²) >= 11 is 12.2. The number of hydrogen-bond acceptors (Lipinski definition) is 5. The van der Waals surface area contributed by atoms with Crippen LogP contribution in [0, 0.1) is 0 Å². The highest BCUT2D eigenvalue weighted by molar-refractivity contribution is 6.58. The molecule has 1 N–H and O–H groups in total. The molecule has 2 aromatic carbocycles. The van der Waals surface area contributed by atoms with Gasteiger partial charge in [0.25, 0.3) is 5.91 Å². The van der Waals surface area contributed by atoms with Gasteiger partial charge in [-0.05, 0) is 35.9 Å². The lowest BCUT2D eigenvalue weighted by Crippen LogP contribution is -2.14. The third kappa shape index (κ3) is 3.31. The van der Waals surface area contributed by atoms with Crippen LogP contribution in [0.5, 0.6) is 11.5 Å². The maximum atomic E-state index is 12.1. The molecule has 0 atom stereocenters. The van der Waals surface area contributed by atoms with Crippen molar-refractivity contribution in [2.75, 3.05) is 19.5 Å². The fraction of sp³-hybridized carbons (Fsp3) is 0.118. The third-order valence-electron chi connectivity index (χ3n) is 3.57. The number of benzene rings is 2. The van der Waals surface area contributed by atoms with Gasteiger partial charge < -0.3 is 14.8 Å². The van der Waals surface area contributed by atoms with Gasteiger partial charge in [-0.15, -0.1) is 5.10 Å². The van der Waals surface area contributed by atoms with Crippen molar-refractivity contribution in [1.29, 1.82) is 0 Å². The van der Waals surface area contributed by atoms with Crippen LogP contribution < -0.4 is 14.8 Å². The van der Waals surface area contributed by atoms with Crippen LogP contribution in [0.1, 0.15) is 11.1 Å². The molecule has 1 aliphatic heterocycles. The van der Waals surface area contributed by atoms with Gasteiger partial charge in [-0.2, -0.15) is 5.10 Å². The summed E-state index contributed by atoms with van der Waals surface area (Å²) in [6, 6.07) is 8.50. The van der Waals surface area contributed by atoms with Crippen LogP contribution in [0.2, 0.25) is 10.0 Å². The smallest absolute Gasteiger partial charge is 0.277 e. The Bertz CT molecular complexity index is 910. The van der Waals surface area contributed by atoms with E-state index in [4.69, 9.17) is 32.7 Å². The normalized spacial score (nSPS) is 14.7. The molecular weight excluding hydrogens is 365 g/mol. The van der Waals surface area contributed by atoms with Gasteiger partial charge in [-0.1, -0.05) is 23.2 Å². The Kier molecular flexibility index (Phi) is 4.92. The Labute approximate surface area is 154 Å². The quantitative estimate of drug-likeness (QED) is 0.650. The van der Waals surface area contributed by atoms with E-state index in [0.29, 0.717) is 32.8 Å². The molecule has 0 fully saturated rings. The molecule has 0 bridgehead atoms. The molecule has 0 aliphatic carbocycles. The molecule has 0 radical (unpaired) electrons. The highest BCUT2D eigenvalue weighted by Crippen LogP contribution is 2.36. The van der Waals surface area contributed by atoms with Crippen LogP contribution in [-0.2, 0) is 4.79 Å². The minimum atomic E-state index is -0.408. The number of fused-ring (bicyclic) bond motifs is 1. The summed E-state index contributed by atoms with van der Waals surface area (Å²) in [5.74, 6) is 0.767. The van der Waals surface area contributed by atoms with Crippen LogP contribution >= 0.6 is 23.2 Å². The van der Waals surface area contributed by atoms with Crippen molar-refractivity contribution in [3.63, 3.8) is 0 Å². The molecule has 0 spiro atoms. The first-order valence-electron chi connectivity index (χ1n) is 7.18. The molecule has 0 unspecified atom stereocenters. The molecule has 2 aromatic rings. The zero-order valence-electron chi connectivity index (χ0n) is 13.3. The van der Waals surface area contributed by atoms with Crippen LogP contribution in [0.3, 0.4) is 0 Å². The highest BCUT2D eigenvalue weighted by Gasteiger charge is 2.30. The summed E-state index contributed by atoms with van der Waals surface area (Å²) < 4.78 is 10.4. The Morgan fingerprint density at radius 2 is 1.76 bits per heavy atom. The Balaban J connectivity index is 1.92. The number of carbonyl (C=O) groups is 1. The lowest BCUT2D eigenvalue weighted by molar-refractivity contribution is -0.110. The van der Waals surface area contributed by atoms with Gasteiger partial charge in [0.2, 0.25) is 0 Å². The zero-order valence-corrected chi connectivity index (χ0v) is 14.9. The van der Waals surface area contributed by atoms with Crippen LogP contribution in [0.25, 0.3) is 0 Å². The number of nitrogens with one attached hydrogen (secondary N) is 1. The minimum absolute atomic E-state index is 0.110. The molecule has 8 heteroatoms. The fourth-order valence-corrected chi connectivity index (χ4v) is 2.83. The molecule has 1 heterocycles.